The van der Waals surface area contributed by atoms with Crippen LogP contribution in [0.25, 0.3) is 10.1 Å². The van der Waals surface area contributed by atoms with Crippen LogP contribution in [0.5, 0.6) is 5.75 Å². The van der Waals surface area contributed by atoms with E-state index in [0.717, 1.165) is 30.8 Å². The van der Waals surface area contributed by atoms with Crippen LogP contribution in [0.4, 0.5) is 5.82 Å². The van der Waals surface area contributed by atoms with Crippen molar-refractivity contribution in [3.05, 3.63) is 52.5 Å². The summed E-state index contributed by atoms with van der Waals surface area (Å²) in [5, 5.41) is 4.96. The fourth-order valence-electron chi connectivity index (χ4n) is 3.42. The van der Waals surface area contributed by atoms with E-state index >= 15 is 0 Å². The molecule has 2 heterocycles. The number of benzene rings is 1. The fraction of sp³-hybridized carbons (Fsp3) is 0.316. The predicted octanol–water partition coefficient (Wildman–Crippen LogP) is 4.97. The Labute approximate surface area is 140 Å². The molecule has 4 heteroatoms. The summed E-state index contributed by atoms with van der Waals surface area (Å²) in [7, 11) is 1.75. The molecule has 0 saturated heterocycles. The molecule has 3 nitrogen and oxygen atoms in total. The minimum absolute atomic E-state index is 0.311. The molecule has 1 aliphatic rings. The minimum atomic E-state index is 0.311. The molecule has 0 fully saturated rings. The number of anilines is 1. The molecule has 0 radical (unpaired) electrons. The summed E-state index contributed by atoms with van der Waals surface area (Å²) >= 11 is 1.85. The van der Waals surface area contributed by atoms with Gasteiger partial charge in [0.05, 0.1) is 17.9 Å². The number of ether oxygens (including phenoxy) is 1. The normalized spacial score (nSPS) is 16.5. The summed E-state index contributed by atoms with van der Waals surface area (Å²) in [5.74, 6) is 2.01. The number of fused-ring (bicyclic) bond motifs is 2. The number of nitrogens with zero attached hydrogens (tertiary/aromatic N) is 1. The third-order valence-electron chi connectivity index (χ3n) is 4.59. The maximum Gasteiger partial charge on any atom is 0.144 e. The number of aryl methyl sites for hydroxylation is 1. The summed E-state index contributed by atoms with van der Waals surface area (Å²) < 4.78 is 6.77. The molecule has 23 heavy (non-hydrogen) atoms. The number of rotatable bonds is 4. The van der Waals surface area contributed by atoms with Gasteiger partial charge in [-0.05, 0) is 54.0 Å². The zero-order valence-corrected chi connectivity index (χ0v) is 14.2. The average Bonchev–Trinajstić information content (AvgIpc) is 3.19. The van der Waals surface area contributed by atoms with Crippen LogP contribution in [0.1, 0.15) is 35.4 Å². The van der Waals surface area contributed by atoms with E-state index in [1.54, 1.807) is 7.11 Å². The Hall–Kier alpha value is -2.07. The van der Waals surface area contributed by atoms with E-state index in [0.29, 0.717) is 6.04 Å². The Bertz CT molecular complexity index is 856. The van der Waals surface area contributed by atoms with E-state index in [1.165, 1.54) is 26.1 Å². The van der Waals surface area contributed by atoms with Crippen molar-refractivity contribution in [3.8, 4) is 5.75 Å². The topological polar surface area (TPSA) is 34.2 Å². The van der Waals surface area contributed by atoms with E-state index in [9.17, 15) is 0 Å². The Balaban J connectivity index is 1.70. The highest BCUT2D eigenvalue weighted by atomic mass is 32.1. The Morgan fingerprint density at radius 2 is 2.26 bits per heavy atom. The Kier molecular flexibility index (Phi) is 3.69. The summed E-state index contributed by atoms with van der Waals surface area (Å²) in [5.41, 5.74) is 2.68. The lowest BCUT2D eigenvalue weighted by Crippen LogP contribution is -2.08. The van der Waals surface area contributed by atoms with Gasteiger partial charge in [0.15, 0.2) is 0 Å². The van der Waals surface area contributed by atoms with Crippen LogP contribution in [0.3, 0.4) is 0 Å². The monoisotopic (exact) mass is 324 g/mol. The molecule has 1 atom stereocenters. The van der Waals surface area contributed by atoms with E-state index in [-0.39, 0.29) is 0 Å². The first-order valence-corrected chi connectivity index (χ1v) is 8.91. The zero-order chi connectivity index (χ0) is 15.8. The van der Waals surface area contributed by atoms with Crippen LogP contribution >= 0.6 is 11.3 Å². The third-order valence-corrected chi connectivity index (χ3v) is 5.89. The molecule has 118 valence electrons. The van der Waals surface area contributed by atoms with E-state index in [1.807, 2.05) is 23.6 Å². The standard InChI is InChI=1S/C19H20N2OS/c1-3-13-11-12-9-10-20-19(18(12)23-13)21-16-8-7-15-14(16)5-4-6-17(15)22-2/h4-6,9-11,16H,3,7-8H2,1-2H3,(H,20,21)/t16-/m1/s1. The van der Waals surface area contributed by atoms with Gasteiger partial charge < -0.3 is 10.1 Å². The van der Waals surface area contributed by atoms with Crippen molar-refractivity contribution in [3.63, 3.8) is 0 Å². The van der Waals surface area contributed by atoms with Crippen LogP contribution in [0.2, 0.25) is 0 Å². The molecule has 1 N–H and O–H groups in total. The summed E-state index contributed by atoms with van der Waals surface area (Å²) in [6.07, 6.45) is 5.11. The second-order valence-electron chi connectivity index (χ2n) is 5.91. The summed E-state index contributed by atoms with van der Waals surface area (Å²) in [4.78, 5) is 6.01. The molecule has 0 bridgehead atoms. The van der Waals surface area contributed by atoms with Crippen LogP contribution in [0, 0.1) is 0 Å². The SMILES string of the molecule is CCc1cc2ccnc(N[C@@H]3CCc4c(OC)cccc43)c2s1. The van der Waals surface area contributed by atoms with Crippen molar-refractivity contribution < 1.29 is 4.74 Å². The van der Waals surface area contributed by atoms with Gasteiger partial charge in [-0.2, -0.15) is 0 Å². The maximum atomic E-state index is 5.50. The van der Waals surface area contributed by atoms with Gasteiger partial charge >= 0.3 is 0 Å². The number of methoxy groups -OCH3 is 1. The molecule has 4 rings (SSSR count). The highest BCUT2D eigenvalue weighted by Gasteiger charge is 2.25. The number of aromatic nitrogens is 1. The third kappa shape index (κ3) is 2.47. The Morgan fingerprint density at radius 3 is 3.09 bits per heavy atom. The minimum Gasteiger partial charge on any atom is -0.496 e. The molecular weight excluding hydrogens is 304 g/mol. The zero-order valence-electron chi connectivity index (χ0n) is 13.4. The van der Waals surface area contributed by atoms with Gasteiger partial charge in [-0.1, -0.05) is 19.1 Å². The quantitative estimate of drug-likeness (QED) is 0.736. The second-order valence-corrected chi connectivity index (χ2v) is 7.04. The first-order valence-electron chi connectivity index (χ1n) is 8.10. The number of thiophene rings is 1. The maximum absolute atomic E-state index is 5.50. The van der Waals surface area contributed by atoms with E-state index in [2.05, 4.69) is 41.5 Å². The lowest BCUT2D eigenvalue weighted by atomic mass is 10.1. The summed E-state index contributed by atoms with van der Waals surface area (Å²) in [6, 6.07) is 11.0. The van der Waals surface area contributed by atoms with Crippen molar-refractivity contribution in [2.24, 2.45) is 0 Å². The average molecular weight is 324 g/mol. The Morgan fingerprint density at radius 1 is 1.35 bits per heavy atom. The highest BCUT2D eigenvalue weighted by molar-refractivity contribution is 7.19. The van der Waals surface area contributed by atoms with Crippen molar-refractivity contribution in [2.45, 2.75) is 32.2 Å². The lowest BCUT2D eigenvalue weighted by Gasteiger charge is -2.16. The predicted molar refractivity (Wildman–Crippen MR) is 96.7 cm³/mol. The van der Waals surface area contributed by atoms with Gasteiger partial charge in [-0.25, -0.2) is 4.98 Å². The highest BCUT2D eigenvalue weighted by Crippen LogP contribution is 2.40. The van der Waals surface area contributed by atoms with Gasteiger partial charge in [0.1, 0.15) is 11.6 Å². The fourth-order valence-corrected chi connectivity index (χ4v) is 4.47. The molecule has 0 saturated carbocycles. The largest absolute Gasteiger partial charge is 0.496 e. The second kappa shape index (κ2) is 5.85. The molecule has 0 unspecified atom stereocenters. The van der Waals surface area contributed by atoms with E-state index in [4.69, 9.17) is 4.74 Å². The lowest BCUT2D eigenvalue weighted by molar-refractivity contribution is 0.410. The van der Waals surface area contributed by atoms with Gasteiger partial charge in [-0.15, -0.1) is 11.3 Å². The van der Waals surface area contributed by atoms with Gasteiger partial charge in [0.25, 0.3) is 0 Å². The first kappa shape index (κ1) is 14.5. The number of nitrogens with one attached hydrogen (secondary N) is 1. The van der Waals surface area contributed by atoms with Crippen molar-refractivity contribution in [1.82, 2.24) is 4.98 Å². The van der Waals surface area contributed by atoms with Crippen molar-refractivity contribution in [1.29, 1.82) is 0 Å². The van der Waals surface area contributed by atoms with Crippen LogP contribution in [0.15, 0.2) is 36.5 Å². The molecule has 0 spiro atoms. The van der Waals surface area contributed by atoms with Crippen molar-refractivity contribution >= 4 is 27.2 Å². The van der Waals surface area contributed by atoms with Crippen LogP contribution in [-0.2, 0) is 12.8 Å². The van der Waals surface area contributed by atoms with E-state index < -0.39 is 0 Å². The molecule has 3 aromatic rings. The van der Waals surface area contributed by atoms with Crippen LogP contribution in [-0.4, -0.2) is 12.1 Å². The van der Waals surface area contributed by atoms with Gasteiger partial charge in [0.2, 0.25) is 0 Å². The summed E-state index contributed by atoms with van der Waals surface area (Å²) in [6.45, 7) is 2.20. The number of hydrogen-bond donors (Lipinski definition) is 1. The first-order chi connectivity index (χ1) is 11.3. The molecule has 0 aliphatic heterocycles. The van der Waals surface area contributed by atoms with Crippen LogP contribution < -0.4 is 10.1 Å². The molecule has 0 amide bonds. The molecule has 1 aromatic carbocycles. The number of hydrogen-bond acceptors (Lipinski definition) is 4. The smallest absolute Gasteiger partial charge is 0.144 e. The van der Waals surface area contributed by atoms with Gasteiger partial charge in [0, 0.05) is 11.1 Å². The molecule has 1 aliphatic carbocycles. The van der Waals surface area contributed by atoms with Gasteiger partial charge in [-0.3, -0.25) is 0 Å². The van der Waals surface area contributed by atoms with Crippen molar-refractivity contribution in [2.75, 3.05) is 12.4 Å². The molecule has 2 aromatic heterocycles. The molecular formula is C19H20N2OS. The number of pyridine rings is 1.